The fraction of sp³-hybridized carbons (Fsp3) is 0.500. The van der Waals surface area contributed by atoms with E-state index in [2.05, 4.69) is 55.9 Å². The number of para-hydroxylation sites is 1. The predicted molar refractivity (Wildman–Crippen MR) is 81.8 cm³/mol. The smallest absolute Gasteiger partial charge is 0.139 e. The number of rotatable bonds is 5. The van der Waals surface area contributed by atoms with Crippen molar-refractivity contribution in [2.75, 3.05) is 18.5 Å². The average molecular weight is 257 g/mol. The Hall–Kier alpha value is -1.64. The van der Waals surface area contributed by atoms with Gasteiger partial charge in [-0.3, -0.25) is 0 Å². The van der Waals surface area contributed by atoms with Gasteiger partial charge in [0.1, 0.15) is 11.6 Å². The van der Waals surface area contributed by atoms with Gasteiger partial charge < -0.3 is 4.90 Å². The second-order valence-electron chi connectivity index (χ2n) is 5.35. The maximum absolute atomic E-state index is 4.77. The first-order chi connectivity index (χ1) is 9.13. The molecule has 0 unspecified atom stereocenters. The molecule has 0 fully saturated rings. The van der Waals surface area contributed by atoms with Crippen LogP contribution in [0.25, 0.3) is 10.9 Å². The van der Waals surface area contributed by atoms with Gasteiger partial charge in [0.25, 0.3) is 0 Å². The predicted octanol–water partition coefficient (Wildman–Crippen LogP) is 3.99. The van der Waals surface area contributed by atoms with Crippen molar-refractivity contribution in [3.05, 3.63) is 30.1 Å². The largest absolute Gasteiger partial charge is 0.359 e. The number of benzene rings is 1. The maximum atomic E-state index is 4.77. The summed E-state index contributed by atoms with van der Waals surface area (Å²) in [6.45, 7) is 7.53. The molecule has 1 aromatic heterocycles. The highest BCUT2D eigenvalue weighted by molar-refractivity contribution is 5.89. The first kappa shape index (κ1) is 13.8. The molecule has 0 bridgehead atoms. The van der Waals surface area contributed by atoms with Crippen LogP contribution in [-0.4, -0.2) is 23.6 Å². The summed E-state index contributed by atoms with van der Waals surface area (Å²) < 4.78 is 0. The molecule has 3 nitrogen and oxygen atoms in total. The first-order valence-electron chi connectivity index (χ1n) is 7.11. The van der Waals surface area contributed by atoms with Gasteiger partial charge in [-0.2, -0.15) is 0 Å². The minimum absolute atomic E-state index is 0.350. The fourth-order valence-electron chi connectivity index (χ4n) is 2.13. The van der Waals surface area contributed by atoms with Gasteiger partial charge in [0.2, 0.25) is 0 Å². The number of aromatic nitrogens is 2. The van der Waals surface area contributed by atoms with Gasteiger partial charge in [0.15, 0.2) is 0 Å². The van der Waals surface area contributed by atoms with Crippen molar-refractivity contribution in [2.45, 2.75) is 39.5 Å². The van der Waals surface area contributed by atoms with Crippen LogP contribution in [-0.2, 0) is 0 Å². The normalized spacial score (nSPS) is 11.2. The SMILES string of the molecule is CCCCN(C)c1nc(C(C)C)nc2ccccc12. The number of hydrogen-bond acceptors (Lipinski definition) is 3. The highest BCUT2D eigenvalue weighted by Crippen LogP contribution is 2.25. The van der Waals surface area contributed by atoms with E-state index in [9.17, 15) is 0 Å². The molecular formula is C16H23N3. The summed E-state index contributed by atoms with van der Waals surface area (Å²) in [7, 11) is 2.12. The van der Waals surface area contributed by atoms with Crippen LogP contribution in [0, 0.1) is 0 Å². The van der Waals surface area contributed by atoms with Crippen molar-refractivity contribution in [3.8, 4) is 0 Å². The van der Waals surface area contributed by atoms with E-state index in [4.69, 9.17) is 4.98 Å². The number of hydrogen-bond donors (Lipinski definition) is 0. The van der Waals surface area contributed by atoms with Crippen LogP contribution in [0.4, 0.5) is 5.82 Å². The standard InChI is InChI=1S/C16H23N3/c1-5-6-11-19(4)16-13-9-7-8-10-14(13)17-15(18-16)12(2)3/h7-10,12H,5-6,11H2,1-4H3. The van der Waals surface area contributed by atoms with Crippen LogP contribution in [0.5, 0.6) is 0 Å². The Morgan fingerprint density at radius 2 is 1.89 bits per heavy atom. The van der Waals surface area contributed by atoms with E-state index in [1.165, 1.54) is 12.8 Å². The van der Waals surface area contributed by atoms with Crippen molar-refractivity contribution in [3.63, 3.8) is 0 Å². The molecule has 2 aromatic rings. The minimum atomic E-state index is 0.350. The Morgan fingerprint density at radius 3 is 2.58 bits per heavy atom. The first-order valence-corrected chi connectivity index (χ1v) is 7.11. The van der Waals surface area contributed by atoms with Crippen LogP contribution in [0.15, 0.2) is 24.3 Å². The van der Waals surface area contributed by atoms with Crippen LogP contribution < -0.4 is 4.90 Å². The number of anilines is 1. The Bertz CT molecular complexity index is 549. The summed E-state index contributed by atoms with van der Waals surface area (Å²) in [6, 6.07) is 8.27. The Balaban J connectivity index is 2.50. The molecule has 1 aromatic carbocycles. The summed E-state index contributed by atoms with van der Waals surface area (Å²) in [4.78, 5) is 11.7. The zero-order valence-corrected chi connectivity index (χ0v) is 12.3. The summed E-state index contributed by atoms with van der Waals surface area (Å²) >= 11 is 0. The van der Waals surface area contributed by atoms with Gasteiger partial charge >= 0.3 is 0 Å². The molecule has 102 valence electrons. The molecule has 0 amide bonds. The lowest BCUT2D eigenvalue weighted by Crippen LogP contribution is -2.21. The van der Waals surface area contributed by atoms with E-state index in [0.29, 0.717) is 5.92 Å². The van der Waals surface area contributed by atoms with Crippen LogP contribution in [0.2, 0.25) is 0 Å². The molecule has 0 atom stereocenters. The summed E-state index contributed by atoms with van der Waals surface area (Å²) in [6.07, 6.45) is 2.39. The zero-order chi connectivity index (χ0) is 13.8. The number of unbranched alkanes of at least 4 members (excludes halogenated alkanes) is 1. The van der Waals surface area contributed by atoms with E-state index in [-0.39, 0.29) is 0 Å². The van der Waals surface area contributed by atoms with Crippen LogP contribution in [0.1, 0.15) is 45.4 Å². The molecule has 1 heterocycles. The quantitative estimate of drug-likeness (QED) is 0.811. The topological polar surface area (TPSA) is 29.0 Å². The average Bonchev–Trinajstić information content (AvgIpc) is 2.43. The molecule has 0 N–H and O–H groups in total. The van der Waals surface area contributed by atoms with Gasteiger partial charge in [0, 0.05) is 24.9 Å². The lowest BCUT2D eigenvalue weighted by atomic mass is 10.1. The molecule has 0 aliphatic heterocycles. The van der Waals surface area contributed by atoms with E-state index in [1.54, 1.807) is 0 Å². The fourth-order valence-corrected chi connectivity index (χ4v) is 2.13. The van der Waals surface area contributed by atoms with Crippen molar-refractivity contribution in [1.29, 1.82) is 0 Å². The highest BCUT2D eigenvalue weighted by atomic mass is 15.2. The van der Waals surface area contributed by atoms with E-state index in [0.717, 1.165) is 29.1 Å². The molecule has 0 saturated heterocycles. The Labute approximate surface area is 115 Å². The Morgan fingerprint density at radius 1 is 1.16 bits per heavy atom. The number of nitrogens with zero attached hydrogens (tertiary/aromatic N) is 3. The Kier molecular flexibility index (Phi) is 4.35. The zero-order valence-electron chi connectivity index (χ0n) is 12.3. The van der Waals surface area contributed by atoms with E-state index in [1.807, 2.05) is 6.07 Å². The van der Waals surface area contributed by atoms with Gasteiger partial charge in [-0.05, 0) is 18.6 Å². The van der Waals surface area contributed by atoms with Crippen LogP contribution >= 0.6 is 0 Å². The molecular weight excluding hydrogens is 234 g/mol. The summed E-state index contributed by atoms with van der Waals surface area (Å²) in [5, 5.41) is 1.14. The lowest BCUT2D eigenvalue weighted by molar-refractivity contribution is 0.742. The summed E-state index contributed by atoms with van der Waals surface area (Å²) in [5.41, 5.74) is 1.04. The third kappa shape index (κ3) is 3.03. The minimum Gasteiger partial charge on any atom is -0.359 e. The van der Waals surface area contributed by atoms with Crippen molar-refractivity contribution in [1.82, 2.24) is 9.97 Å². The van der Waals surface area contributed by atoms with Crippen molar-refractivity contribution < 1.29 is 0 Å². The molecule has 19 heavy (non-hydrogen) atoms. The third-order valence-electron chi connectivity index (χ3n) is 3.33. The second-order valence-corrected chi connectivity index (χ2v) is 5.35. The van der Waals surface area contributed by atoms with Crippen molar-refractivity contribution >= 4 is 16.7 Å². The third-order valence-corrected chi connectivity index (χ3v) is 3.33. The van der Waals surface area contributed by atoms with Crippen LogP contribution in [0.3, 0.4) is 0 Å². The van der Waals surface area contributed by atoms with Gasteiger partial charge in [-0.25, -0.2) is 9.97 Å². The van der Waals surface area contributed by atoms with E-state index < -0.39 is 0 Å². The second kappa shape index (κ2) is 6.00. The molecule has 0 aliphatic carbocycles. The maximum Gasteiger partial charge on any atom is 0.139 e. The van der Waals surface area contributed by atoms with Crippen molar-refractivity contribution in [2.24, 2.45) is 0 Å². The van der Waals surface area contributed by atoms with E-state index >= 15 is 0 Å². The molecule has 2 rings (SSSR count). The van der Waals surface area contributed by atoms with Gasteiger partial charge in [0.05, 0.1) is 5.52 Å². The highest BCUT2D eigenvalue weighted by Gasteiger charge is 2.12. The molecule has 0 saturated carbocycles. The molecule has 0 radical (unpaired) electrons. The summed E-state index contributed by atoms with van der Waals surface area (Å²) in [5.74, 6) is 2.34. The molecule has 3 heteroatoms. The van der Waals surface area contributed by atoms with Gasteiger partial charge in [-0.1, -0.05) is 39.3 Å². The molecule has 0 spiro atoms. The lowest BCUT2D eigenvalue weighted by Gasteiger charge is -2.21. The molecule has 0 aliphatic rings. The monoisotopic (exact) mass is 257 g/mol. The van der Waals surface area contributed by atoms with Gasteiger partial charge in [-0.15, -0.1) is 0 Å². The number of fused-ring (bicyclic) bond motifs is 1.